The summed E-state index contributed by atoms with van der Waals surface area (Å²) in [7, 11) is 0. The van der Waals surface area contributed by atoms with Crippen LogP contribution in [0, 0.1) is 17.5 Å². The summed E-state index contributed by atoms with van der Waals surface area (Å²) in [5.41, 5.74) is 0.0967. The quantitative estimate of drug-likeness (QED) is 0.909. The van der Waals surface area contributed by atoms with Crippen LogP contribution in [-0.2, 0) is 4.79 Å². The summed E-state index contributed by atoms with van der Waals surface area (Å²) in [6.07, 6.45) is -0.672. The molecule has 0 saturated carbocycles. The Kier molecular flexibility index (Phi) is 5.04. The van der Waals surface area contributed by atoms with Crippen molar-refractivity contribution in [2.45, 2.75) is 19.4 Å². The van der Waals surface area contributed by atoms with Gasteiger partial charge in [0.25, 0.3) is 5.91 Å². The molecule has 0 fully saturated rings. The zero-order valence-corrected chi connectivity index (χ0v) is 11.8. The zero-order valence-electron chi connectivity index (χ0n) is 11.8. The first kappa shape index (κ1) is 15.9. The van der Waals surface area contributed by atoms with Crippen molar-refractivity contribution >= 4 is 11.6 Å². The van der Waals surface area contributed by atoms with Crippen LogP contribution in [0.5, 0.6) is 5.75 Å². The molecule has 0 bridgehead atoms. The minimum absolute atomic E-state index is 0.0465. The van der Waals surface area contributed by atoms with Crippen LogP contribution in [0.3, 0.4) is 0 Å². The highest BCUT2D eigenvalue weighted by atomic mass is 19.2. The molecule has 1 atom stereocenters. The fraction of sp³-hybridized carbons (Fsp3) is 0.188. The van der Waals surface area contributed by atoms with Crippen molar-refractivity contribution in [3.63, 3.8) is 0 Å². The SMILES string of the molecule is CCC(Oc1ccccc1F)C(=O)Nc1ccc(F)c(F)c1. The first-order valence-corrected chi connectivity index (χ1v) is 6.68. The van der Waals surface area contributed by atoms with E-state index in [1.165, 1.54) is 24.3 Å². The molecule has 3 nitrogen and oxygen atoms in total. The molecule has 2 aromatic carbocycles. The monoisotopic (exact) mass is 309 g/mol. The van der Waals surface area contributed by atoms with Gasteiger partial charge in [-0.25, -0.2) is 13.2 Å². The van der Waals surface area contributed by atoms with Gasteiger partial charge >= 0.3 is 0 Å². The van der Waals surface area contributed by atoms with Crippen LogP contribution in [0.25, 0.3) is 0 Å². The third kappa shape index (κ3) is 3.78. The maximum absolute atomic E-state index is 13.5. The number of hydrogen-bond acceptors (Lipinski definition) is 2. The van der Waals surface area contributed by atoms with Gasteiger partial charge < -0.3 is 10.1 Å². The van der Waals surface area contributed by atoms with Crippen molar-refractivity contribution in [3.05, 3.63) is 59.9 Å². The Labute approximate surface area is 125 Å². The molecule has 2 aromatic rings. The normalized spacial score (nSPS) is 11.8. The van der Waals surface area contributed by atoms with E-state index in [9.17, 15) is 18.0 Å². The van der Waals surface area contributed by atoms with Crippen molar-refractivity contribution in [2.24, 2.45) is 0 Å². The Hall–Kier alpha value is -2.50. The molecule has 2 rings (SSSR count). The summed E-state index contributed by atoms with van der Waals surface area (Å²) in [6.45, 7) is 1.69. The molecule has 0 aliphatic rings. The van der Waals surface area contributed by atoms with E-state index in [-0.39, 0.29) is 17.9 Å². The molecule has 0 heterocycles. The Balaban J connectivity index is 2.08. The smallest absolute Gasteiger partial charge is 0.265 e. The number of para-hydroxylation sites is 1. The minimum Gasteiger partial charge on any atom is -0.478 e. The van der Waals surface area contributed by atoms with E-state index < -0.39 is 29.5 Å². The molecule has 0 spiro atoms. The molecule has 116 valence electrons. The Morgan fingerprint density at radius 3 is 2.45 bits per heavy atom. The Bertz CT molecular complexity index is 676. The fourth-order valence-corrected chi connectivity index (χ4v) is 1.81. The van der Waals surface area contributed by atoms with Crippen LogP contribution in [0.1, 0.15) is 13.3 Å². The van der Waals surface area contributed by atoms with Crippen LogP contribution in [0.4, 0.5) is 18.9 Å². The van der Waals surface area contributed by atoms with E-state index in [2.05, 4.69) is 5.32 Å². The van der Waals surface area contributed by atoms with E-state index in [4.69, 9.17) is 4.74 Å². The van der Waals surface area contributed by atoms with Gasteiger partial charge in [-0.3, -0.25) is 4.79 Å². The molecule has 0 radical (unpaired) electrons. The highest BCUT2D eigenvalue weighted by molar-refractivity contribution is 5.94. The van der Waals surface area contributed by atoms with Gasteiger partial charge in [0.1, 0.15) is 0 Å². The van der Waals surface area contributed by atoms with Crippen LogP contribution >= 0.6 is 0 Å². The van der Waals surface area contributed by atoms with Crippen molar-refractivity contribution < 1.29 is 22.7 Å². The summed E-state index contributed by atoms with van der Waals surface area (Å²) in [4.78, 5) is 12.1. The van der Waals surface area contributed by atoms with Gasteiger partial charge in [-0.2, -0.15) is 0 Å². The first-order chi connectivity index (χ1) is 10.5. The maximum atomic E-state index is 13.5. The molecule has 0 aliphatic carbocycles. The Morgan fingerprint density at radius 1 is 1.09 bits per heavy atom. The molecular weight excluding hydrogens is 295 g/mol. The van der Waals surface area contributed by atoms with E-state index in [0.29, 0.717) is 0 Å². The van der Waals surface area contributed by atoms with Crippen molar-refractivity contribution in [2.75, 3.05) is 5.32 Å². The maximum Gasteiger partial charge on any atom is 0.265 e. The molecule has 1 N–H and O–H groups in total. The van der Waals surface area contributed by atoms with Gasteiger partial charge in [0, 0.05) is 11.8 Å². The number of rotatable bonds is 5. The van der Waals surface area contributed by atoms with Crippen molar-refractivity contribution in [3.8, 4) is 5.75 Å². The summed E-state index contributed by atoms with van der Waals surface area (Å²) < 4.78 is 44.8. The van der Waals surface area contributed by atoms with Gasteiger partial charge in [0.05, 0.1) is 0 Å². The van der Waals surface area contributed by atoms with Gasteiger partial charge in [-0.1, -0.05) is 19.1 Å². The minimum atomic E-state index is -1.07. The highest BCUT2D eigenvalue weighted by Crippen LogP contribution is 2.19. The van der Waals surface area contributed by atoms with Gasteiger partial charge in [-0.15, -0.1) is 0 Å². The predicted octanol–water partition coefficient (Wildman–Crippen LogP) is 3.90. The lowest BCUT2D eigenvalue weighted by Crippen LogP contribution is -2.32. The second-order valence-electron chi connectivity index (χ2n) is 4.56. The summed E-state index contributed by atoms with van der Waals surface area (Å²) in [6, 6.07) is 8.71. The fourth-order valence-electron chi connectivity index (χ4n) is 1.81. The van der Waals surface area contributed by atoms with Crippen LogP contribution in [-0.4, -0.2) is 12.0 Å². The first-order valence-electron chi connectivity index (χ1n) is 6.68. The standard InChI is InChI=1S/C16H14F3NO2/c1-2-14(22-15-6-4-3-5-12(15)18)16(21)20-10-7-8-11(17)13(19)9-10/h3-9,14H,2H2,1H3,(H,20,21). The molecule has 6 heteroatoms. The number of anilines is 1. The molecule has 0 aliphatic heterocycles. The van der Waals surface area contributed by atoms with Gasteiger partial charge in [-0.05, 0) is 30.7 Å². The van der Waals surface area contributed by atoms with Crippen molar-refractivity contribution in [1.29, 1.82) is 0 Å². The molecule has 22 heavy (non-hydrogen) atoms. The number of amides is 1. The second kappa shape index (κ2) is 6.98. The van der Waals surface area contributed by atoms with E-state index in [0.717, 1.165) is 12.1 Å². The molecule has 1 amide bonds. The van der Waals surface area contributed by atoms with E-state index >= 15 is 0 Å². The summed E-state index contributed by atoms with van der Waals surface area (Å²) in [5.74, 6) is -3.28. The molecule has 1 unspecified atom stereocenters. The Morgan fingerprint density at radius 2 is 1.82 bits per heavy atom. The second-order valence-corrected chi connectivity index (χ2v) is 4.56. The third-order valence-corrected chi connectivity index (χ3v) is 2.96. The van der Waals surface area contributed by atoms with Crippen LogP contribution in [0.2, 0.25) is 0 Å². The lowest BCUT2D eigenvalue weighted by atomic mass is 10.2. The zero-order chi connectivity index (χ0) is 16.1. The number of ether oxygens (including phenoxy) is 1. The number of hydrogen-bond donors (Lipinski definition) is 1. The lowest BCUT2D eigenvalue weighted by molar-refractivity contribution is -0.122. The van der Waals surface area contributed by atoms with E-state index in [1.54, 1.807) is 13.0 Å². The number of carbonyl (C=O) groups excluding carboxylic acids is 1. The van der Waals surface area contributed by atoms with Gasteiger partial charge in [0.15, 0.2) is 29.3 Å². The summed E-state index contributed by atoms with van der Waals surface area (Å²) >= 11 is 0. The third-order valence-electron chi connectivity index (χ3n) is 2.96. The van der Waals surface area contributed by atoms with E-state index in [1.807, 2.05) is 0 Å². The average molecular weight is 309 g/mol. The molecule has 0 aromatic heterocycles. The highest BCUT2D eigenvalue weighted by Gasteiger charge is 2.20. The van der Waals surface area contributed by atoms with Crippen LogP contribution < -0.4 is 10.1 Å². The molecular formula is C16H14F3NO2. The van der Waals surface area contributed by atoms with Crippen LogP contribution in [0.15, 0.2) is 42.5 Å². The number of carbonyl (C=O) groups is 1. The largest absolute Gasteiger partial charge is 0.478 e. The molecule has 0 saturated heterocycles. The topological polar surface area (TPSA) is 38.3 Å². The van der Waals surface area contributed by atoms with Gasteiger partial charge in [0.2, 0.25) is 0 Å². The number of halogens is 3. The average Bonchev–Trinajstić information content (AvgIpc) is 2.50. The number of benzene rings is 2. The summed E-state index contributed by atoms with van der Waals surface area (Å²) in [5, 5.41) is 2.41. The predicted molar refractivity (Wildman–Crippen MR) is 76.1 cm³/mol. The number of nitrogens with one attached hydrogen (secondary N) is 1. The lowest BCUT2D eigenvalue weighted by Gasteiger charge is -2.17. The van der Waals surface area contributed by atoms with Crippen molar-refractivity contribution in [1.82, 2.24) is 0 Å².